The lowest BCUT2D eigenvalue weighted by Crippen LogP contribution is -2.13. The summed E-state index contributed by atoms with van der Waals surface area (Å²) in [4.78, 5) is 33.4. The molecule has 0 spiro atoms. The van der Waals surface area contributed by atoms with Gasteiger partial charge in [-0.25, -0.2) is 4.98 Å². The number of carbonyl (C=O) groups is 1. The minimum atomic E-state index is 0.0621. The van der Waals surface area contributed by atoms with Crippen LogP contribution in [-0.4, -0.2) is 41.0 Å². The molecule has 0 saturated heterocycles. The van der Waals surface area contributed by atoms with Crippen molar-refractivity contribution in [2.24, 2.45) is 5.92 Å². The van der Waals surface area contributed by atoms with Gasteiger partial charge in [-0.05, 0) is 54.8 Å². The summed E-state index contributed by atoms with van der Waals surface area (Å²) in [5.74, 6) is 0.851. The van der Waals surface area contributed by atoms with E-state index in [1.165, 1.54) is 0 Å². The lowest BCUT2D eigenvalue weighted by atomic mass is 10.0. The van der Waals surface area contributed by atoms with E-state index in [0.29, 0.717) is 11.5 Å². The van der Waals surface area contributed by atoms with Crippen molar-refractivity contribution in [1.82, 2.24) is 35.1 Å². The SMILES string of the molecule is O=C(Nc1cncc(-c2ccc3[nH]nc(-c4nc5c(-c6ccncc6)nccc5[nH]4)c3c2)c1)C1CC1. The van der Waals surface area contributed by atoms with Gasteiger partial charge in [0.1, 0.15) is 11.2 Å². The van der Waals surface area contributed by atoms with E-state index in [1.807, 2.05) is 36.4 Å². The largest absolute Gasteiger partial charge is 0.336 e. The van der Waals surface area contributed by atoms with E-state index in [-0.39, 0.29) is 11.8 Å². The number of hydrogen-bond donors (Lipinski definition) is 3. The highest BCUT2D eigenvalue weighted by Gasteiger charge is 2.29. The van der Waals surface area contributed by atoms with E-state index in [2.05, 4.69) is 41.5 Å². The van der Waals surface area contributed by atoms with Crippen LogP contribution in [-0.2, 0) is 4.79 Å². The summed E-state index contributed by atoms with van der Waals surface area (Å²) in [5, 5.41) is 11.6. The van der Waals surface area contributed by atoms with Crippen molar-refractivity contribution in [1.29, 1.82) is 0 Å². The number of imidazole rings is 1. The molecule has 0 atom stereocenters. The van der Waals surface area contributed by atoms with Gasteiger partial charge in [0.05, 0.1) is 28.6 Å². The maximum atomic E-state index is 12.2. The van der Waals surface area contributed by atoms with Crippen molar-refractivity contribution in [3.63, 3.8) is 0 Å². The van der Waals surface area contributed by atoms with Gasteiger partial charge in [0, 0.05) is 47.2 Å². The fraction of sp³-hybridized carbons (Fsp3) is 0.111. The van der Waals surface area contributed by atoms with Crippen LogP contribution in [0, 0.1) is 5.92 Å². The Balaban J connectivity index is 1.28. The zero-order valence-corrected chi connectivity index (χ0v) is 19.1. The molecular formula is C27H20N8O. The van der Waals surface area contributed by atoms with Crippen LogP contribution in [0.4, 0.5) is 5.69 Å². The Bertz CT molecular complexity index is 1750. The Morgan fingerprint density at radius 3 is 2.61 bits per heavy atom. The topological polar surface area (TPSA) is 125 Å². The van der Waals surface area contributed by atoms with Crippen LogP contribution in [0.5, 0.6) is 0 Å². The van der Waals surface area contributed by atoms with Crippen LogP contribution in [0.3, 0.4) is 0 Å². The number of aromatic nitrogens is 7. The number of aromatic amines is 2. The predicted octanol–water partition coefficient (Wildman–Crippen LogP) is 4.97. The van der Waals surface area contributed by atoms with Gasteiger partial charge >= 0.3 is 0 Å². The number of pyridine rings is 3. The van der Waals surface area contributed by atoms with Crippen molar-refractivity contribution in [3.8, 4) is 33.9 Å². The molecule has 0 bridgehead atoms. The maximum absolute atomic E-state index is 12.2. The van der Waals surface area contributed by atoms with E-state index in [9.17, 15) is 4.79 Å². The zero-order chi connectivity index (χ0) is 24.1. The number of benzene rings is 1. The zero-order valence-electron chi connectivity index (χ0n) is 19.1. The third-order valence-electron chi connectivity index (χ3n) is 6.43. The van der Waals surface area contributed by atoms with Crippen LogP contribution in [0.25, 0.3) is 55.8 Å². The lowest BCUT2D eigenvalue weighted by molar-refractivity contribution is -0.117. The summed E-state index contributed by atoms with van der Waals surface area (Å²) in [7, 11) is 0. The van der Waals surface area contributed by atoms with Crippen LogP contribution < -0.4 is 5.32 Å². The molecule has 174 valence electrons. The Kier molecular flexibility index (Phi) is 4.60. The van der Waals surface area contributed by atoms with Crippen molar-refractivity contribution in [3.05, 3.63) is 73.4 Å². The molecule has 1 aliphatic rings. The number of fused-ring (bicyclic) bond motifs is 2. The molecule has 7 rings (SSSR count). The monoisotopic (exact) mass is 472 g/mol. The van der Waals surface area contributed by atoms with Crippen molar-refractivity contribution >= 4 is 33.5 Å². The van der Waals surface area contributed by atoms with Crippen molar-refractivity contribution in [2.45, 2.75) is 12.8 Å². The summed E-state index contributed by atoms with van der Waals surface area (Å²) in [6.07, 6.45) is 10.6. The number of anilines is 1. The number of carbonyl (C=O) groups excluding carboxylic acids is 1. The van der Waals surface area contributed by atoms with Crippen molar-refractivity contribution < 1.29 is 4.79 Å². The molecule has 5 aromatic heterocycles. The van der Waals surface area contributed by atoms with Gasteiger partial charge < -0.3 is 10.3 Å². The third-order valence-corrected chi connectivity index (χ3v) is 6.43. The molecule has 3 N–H and O–H groups in total. The molecule has 1 aromatic carbocycles. The molecule has 0 unspecified atom stereocenters. The number of amides is 1. The highest BCUT2D eigenvalue weighted by molar-refractivity contribution is 5.98. The fourth-order valence-corrected chi connectivity index (χ4v) is 4.40. The van der Waals surface area contributed by atoms with Crippen molar-refractivity contribution in [2.75, 3.05) is 5.32 Å². The lowest BCUT2D eigenvalue weighted by Gasteiger charge is -2.07. The number of hydrogen-bond acceptors (Lipinski definition) is 6. The molecule has 1 fully saturated rings. The Morgan fingerprint density at radius 1 is 0.861 bits per heavy atom. The fourth-order valence-electron chi connectivity index (χ4n) is 4.40. The molecule has 36 heavy (non-hydrogen) atoms. The van der Waals surface area contributed by atoms with Gasteiger partial charge in [0.2, 0.25) is 5.91 Å². The molecule has 1 saturated carbocycles. The minimum absolute atomic E-state index is 0.0621. The van der Waals surface area contributed by atoms with E-state index in [4.69, 9.17) is 4.98 Å². The third kappa shape index (κ3) is 3.58. The molecule has 1 aliphatic carbocycles. The smallest absolute Gasteiger partial charge is 0.227 e. The Morgan fingerprint density at radius 2 is 1.75 bits per heavy atom. The number of nitrogens with zero attached hydrogens (tertiary/aromatic N) is 5. The van der Waals surface area contributed by atoms with Gasteiger partial charge in [-0.2, -0.15) is 5.10 Å². The second kappa shape index (κ2) is 8.09. The number of H-pyrrole nitrogens is 2. The Hall–Kier alpha value is -4.92. The first kappa shape index (κ1) is 20.5. The minimum Gasteiger partial charge on any atom is -0.336 e. The second-order valence-electron chi connectivity index (χ2n) is 8.94. The van der Waals surface area contributed by atoms with Crippen LogP contribution >= 0.6 is 0 Å². The predicted molar refractivity (Wildman–Crippen MR) is 137 cm³/mol. The highest BCUT2D eigenvalue weighted by atomic mass is 16.2. The first-order valence-corrected chi connectivity index (χ1v) is 11.7. The first-order valence-electron chi connectivity index (χ1n) is 11.7. The summed E-state index contributed by atoms with van der Waals surface area (Å²) in [6.45, 7) is 0. The average molecular weight is 473 g/mol. The molecule has 0 radical (unpaired) electrons. The summed E-state index contributed by atoms with van der Waals surface area (Å²) < 4.78 is 0. The van der Waals surface area contributed by atoms with Gasteiger partial charge in [0.15, 0.2) is 5.82 Å². The molecule has 9 heteroatoms. The van der Waals surface area contributed by atoms with Crippen LogP contribution in [0.15, 0.2) is 73.4 Å². The molecular weight excluding hydrogens is 452 g/mol. The van der Waals surface area contributed by atoms with Gasteiger partial charge in [-0.1, -0.05) is 6.07 Å². The molecule has 6 aromatic rings. The van der Waals surface area contributed by atoms with E-state index in [0.717, 1.165) is 62.9 Å². The molecule has 0 aliphatic heterocycles. The first-order chi connectivity index (χ1) is 17.7. The quantitative estimate of drug-likeness (QED) is 0.325. The Labute approximate surface area is 205 Å². The van der Waals surface area contributed by atoms with E-state index < -0.39 is 0 Å². The summed E-state index contributed by atoms with van der Waals surface area (Å²) in [6, 6.07) is 13.8. The van der Waals surface area contributed by atoms with Crippen LogP contribution in [0.2, 0.25) is 0 Å². The molecule has 5 heterocycles. The van der Waals surface area contributed by atoms with Gasteiger partial charge in [-0.3, -0.25) is 24.8 Å². The average Bonchev–Trinajstić information content (AvgIpc) is 3.55. The maximum Gasteiger partial charge on any atom is 0.227 e. The van der Waals surface area contributed by atoms with E-state index >= 15 is 0 Å². The highest BCUT2D eigenvalue weighted by Crippen LogP contribution is 2.33. The summed E-state index contributed by atoms with van der Waals surface area (Å²) >= 11 is 0. The number of rotatable bonds is 5. The molecule has 9 nitrogen and oxygen atoms in total. The molecule has 1 amide bonds. The normalized spacial score (nSPS) is 13.3. The second-order valence-corrected chi connectivity index (χ2v) is 8.94. The summed E-state index contributed by atoms with van der Waals surface area (Å²) in [5.41, 5.74) is 7.57. The van der Waals surface area contributed by atoms with Gasteiger partial charge in [-0.15, -0.1) is 0 Å². The number of nitrogens with one attached hydrogen (secondary N) is 3. The van der Waals surface area contributed by atoms with Crippen LogP contribution in [0.1, 0.15) is 12.8 Å². The van der Waals surface area contributed by atoms with Gasteiger partial charge in [0.25, 0.3) is 0 Å². The van der Waals surface area contributed by atoms with E-state index in [1.54, 1.807) is 31.0 Å². The standard InChI is InChI=1S/C27H20N8O/c36-27(16-1-2-16)31-19-11-18(13-29-14-19)17-3-4-21-20(12-17)24(35-34-21)26-32-22-7-10-30-23(25(22)33-26)15-5-8-28-9-6-15/h3-14,16H,1-2H2,(H,31,36)(H,32,33)(H,34,35).